The van der Waals surface area contributed by atoms with Crippen LogP contribution in [0.25, 0.3) is 0 Å². The Morgan fingerprint density at radius 3 is 2.25 bits per heavy atom. The minimum Gasteiger partial charge on any atom is -0.300 e. The highest BCUT2D eigenvalue weighted by atomic mass is 16.1. The molecule has 1 heteroatoms. The first-order chi connectivity index (χ1) is 7.55. The number of Topliss-reactive ketones (excluding diaryl/α,β-unsaturated/α-hetero) is 1. The van der Waals surface area contributed by atoms with Crippen LogP contribution in [0.5, 0.6) is 0 Å². The van der Waals surface area contributed by atoms with E-state index in [2.05, 4.69) is 44.2 Å². The SMILES string of the molecule is CC1(C)C(c2ccccc2)CC12CC(=O)C2. The molecule has 0 amide bonds. The maximum Gasteiger partial charge on any atom is 0.134 e. The zero-order chi connectivity index (χ0) is 11.4. The molecule has 2 saturated carbocycles. The average molecular weight is 214 g/mol. The number of ketones is 1. The highest BCUT2D eigenvalue weighted by Gasteiger charge is 2.65. The van der Waals surface area contributed by atoms with Crippen LogP contribution in [-0.4, -0.2) is 5.78 Å². The second-order valence-electron chi connectivity index (χ2n) is 6.06. The number of hydrogen-bond donors (Lipinski definition) is 0. The zero-order valence-electron chi connectivity index (χ0n) is 9.99. The van der Waals surface area contributed by atoms with Gasteiger partial charge in [0.15, 0.2) is 0 Å². The summed E-state index contributed by atoms with van der Waals surface area (Å²) in [6.45, 7) is 4.67. The fourth-order valence-electron chi connectivity index (χ4n) is 3.67. The fraction of sp³-hybridized carbons (Fsp3) is 0.533. The van der Waals surface area contributed by atoms with E-state index in [1.807, 2.05) is 0 Å². The predicted molar refractivity (Wildman–Crippen MR) is 64.3 cm³/mol. The van der Waals surface area contributed by atoms with E-state index in [1.54, 1.807) is 0 Å². The summed E-state index contributed by atoms with van der Waals surface area (Å²) < 4.78 is 0. The first-order valence-electron chi connectivity index (χ1n) is 6.12. The summed E-state index contributed by atoms with van der Waals surface area (Å²) in [4.78, 5) is 11.2. The van der Waals surface area contributed by atoms with Crippen LogP contribution < -0.4 is 0 Å². The highest BCUT2D eigenvalue weighted by molar-refractivity contribution is 5.87. The summed E-state index contributed by atoms with van der Waals surface area (Å²) in [6.07, 6.45) is 2.85. The Morgan fingerprint density at radius 1 is 1.12 bits per heavy atom. The summed E-state index contributed by atoms with van der Waals surface area (Å²) >= 11 is 0. The van der Waals surface area contributed by atoms with Gasteiger partial charge in [-0.1, -0.05) is 44.2 Å². The Kier molecular flexibility index (Phi) is 1.87. The molecule has 0 aromatic heterocycles. The van der Waals surface area contributed by atoms with Crippen LogP contribution >= 0.6 is 0 Å². The third-order valence-electron chi connectivity index (χ3n) is 5.11. The van der Waals surface area contributed by atoms with Crippen LogP contribution in [0.4, 0.5) is 0 Å². The van der Waals surface area contributed by atoms with Crippen molar-refractivity contribution < 1.29 is 4.79 Å². The standard InChI is InChI=1S/C15H18O/c1-14(2)13(11-6-4-3-5-7-11)10-15(14)8-12(16)9-15/h3-7,13H,8-10H2,1-2H3. The van der Waals surface area contributed by atoms with Crippen LogP contribution in [0.3, 0.4) is 0 Å². The summed E-state index contributed by atoms with van der Waals surface area (Å²) in [5.41, 5.74) is 2.07. The molecule has 1 spiro atoms. The third kappa shape index (κ3) is 1.09. The molecule has 0 aliphatic heterocycles. The molecule has 0 saturated heterocycles. The normalized spacial score (nSPS) is 29.6. The van der Waals surface area contributed by atoms with Crippen molar-refractivity contribution in [2.45, 2.75) is 39.0 Å². The first kappa shape index (κ1) is 10.1. The van der Waals surface area contributed by atoms with Crippen LogP contribution in [0.2, 0.25) is 0 Å². The summed E-state index contributed by atoms with van der Waals surface area (Å²) in [5, 5.41) is 0. The number of carbonyl (C=O) groups excluding carboxylic acids is 1. The fourth-order valence-corrected chi connectivity index (χ4v) is 3.67. The van der Waals surface area contributed by atoms with Gasteiger partial charge in [-0.25, -0.2) is 0 Å². The quantitative estimate of drug-likeness (QED) is 0.698. The molecular weight excluding hydrogens is 196 g/mol. The Balaban J connectivity index is 1.85. The minimum atomic E-state index is 0.294. The lowest BCUT2D eigenvalue weighted by Gasteiger charge is -2.66. The Bertz CT molecular complexity index is 422. The van der Waals surface area contributed by atoms with Gasteiger partial charge in [0.05, 0.1) is 0 Å². The zero-order valence-corrected chi connectivity index (χ0v) is 9.99. The van der Waals surface area contributed by atoms with Crippen LogP contribution in [-0.2, 0) is 4.79 Å². The second kappa shape index (κ2) is 2.97. The molecule has 16 heavy (non-hydrogen) atoms. The van der Waals surface area contributed by atoms with E-state index in [0.29, 0.717) is 22.5 Å². The molecule has 0 N–H and O–H groups in total. The molecule has 0 bridgehead atoms. The van der Waals surface area contributed by atoms with E-state index < -0.39 is 0 Å². The first-order valence-corrected chi connectivity index (χ1v) is 6.12. The Morgan fingerprint density at radius 2 is 1.75 bits per heavy atom. The van der Waals surface area contributed by atoms with Gasteiger partial charge in [-0.3, -0.25) is 4.79 Å². The molecule has 0 radical (unpaired) electrons. The largest absolute Gasteiger partial charge is 0.300 e. The van der Waals surface area contributed by atoms with Crippen molar-refractivity contribution in [2.24, 2.45) is 10.8 Å². The van der Waals surface area contributed by atoms with Gasteiger partial charge in [0.1, 0.15) is 5.78 Å². The average Bonchev–Trinajstić information content (AvgIpc) is 2.23. The van der Waals surface area contributed by atoms with Crippen molar-refractivity contribution in [3.05, 3.63) is 35.9 Å². The van der Waals surface area contributed by atoms with Gasteiger partial charge >= 0.3 is 0 Å². The molecule has 1 atom stereocenters. The molecule has 84 valence electrons. The van der Waals surface area contributed by atoms with Gasteiger partial charge in [0.2, 0.25) is 0 Å². The highest BCUT2D eigenvalue weighted by Crippen LogP contribution is 2.71. The van der Waals surface area contributed by atoms with E-state index in [4.69, 9.17) is 0 Å². The second-order valence-corrected chi connectivity index (χ2v) is 6.06. The summed E-state index contributed by atoms with van der Waals surface area (Å²) in [5.74, 6) is 1.10. The van der Waals surface area contributed by atoms with Gasteiger partial charge in [0.25, 0.3) is 0 Å². The van der Waals surface area contributed by atoms with Crippen LogP contribution in [0.1, 0.15) is 44.6 Å². The molecule has 2 aliphatic carbocycles. The Hall–Kier alpha value is -1.11. The van der Waals surface area contributed by atoms with Gasteiger partial charge in [-0.05, 0) is 28.7 Å². The smallest absolute Gasteiger partial charge is 0.134 e. The molecule has 3 rings (SSSR count). The summed E-state index contributed by atoms with van der Waals surface area (Å²) in [7, 11) is 0. The third-order valence-corrected chi connectivity index (χ3v) is 5.11. The lowest BCUT2D eigenvalue weighted by molar-refractivity contribution is -0.166. The van der Waals surface area contributed by atoms with E-state index in [1.165, 1.54) is 12.0 Å². The van der Waals surface area contributed by atoms with Crippen LogP contribution in [0, 0.1) is 10.8 Å². The molecule has 1 nitrogen and oxygen atoms in total. The van der Waals surface area contributed by atoms with E-state index in [0.717, 1.165) is 12.8 Å². The van der Waals surface area contributed by atoms with Crippen molar-refractivity contribution in [3.8, 4) is 0 Å². The van der Waals surface area contributed by atoms with Crippen LogP contribution in [0.15, 0.2) is 30.3 Å². The number of carbonyl (C=O) groups is 1. The van der Waals surface area contributed by atoms with Crippen molar-refractivity contribution in [2.75, 3.05) is 0 Å². The molecule has 0 heterocycles. The molecular formula is C15H18O. The number of rotatable bonds is 1. The van der Waals surface area contributed by atoms with E-state index in [-0.39, 0.29) is 0 Å². The molecule has 1 unspecified atom stereocenters. The van der Waals surface area contributed by atoms with Crippen molar-refractivity contribution in [1.29, 1.82) is 0 Å². The van der Waals surface area contributed by atoms with Crippen molar-refractivity contribution in [1.82, 2.24) is 0 Å². The number of benzene rings is 1. The number of hydrogen-bond acceptors (Lipinski definition) is 1. The maximum absolute atomic E-state index is 11.2. The van der Waals surface area contributed by atoms with E-state index >= 15 is 0 Å². The molecule has 2 fully saturated rings. The predicted octanol–water partition coefficient (Wildman–Crippen LogP) is 3.55. The lowest BCUT2D eigenvalue weighted by atomic mass is 9.37. The molecule has 2 aliphatic rings. The Labute approximate surface area is 96.9 Å². The monoisotopic (exact) mass is 214 g/mol. The molecule has 1 aromatic carbocycles. The van der Waals surface area contributed by atoms with Gasteiger partial charge in [-0.15, -0.1) is 0 Å². The lowest BCUT2D eigenvalue weighted by Crippen LogP contribution is -2.60. The van der Waals surface area contributed by atoms with E-state index in [9.17, 15) is 4.79 Å². The van der Waals surface area contributed by atoms with Crippen molar-refractivity contribution >= 4 is 5.78 Å². The van der Waals surface area contributed by atoms with Gasteiger partial charge < -0.3 is 0 Å². The molecule has 1 aromatic rings. The minimum absolute atomic E-state index is 0.294. The van der Waals surface area contributed by atoms with Gasteiger partial charge in [-0.2, -0.15) is 0 Å². The maximum atomic E-state index is 11.2. The summed E-state index contributed by atoms with van der Waals surface area (Å²) in [6, 6.07) is 10.7. The van der Waals surface area contributed by atoms with Crippen molar-refractivity contribution in [3.63, 3.8) is 0 Å². The topological polar surface area (TPSA) is 17.1 Å². The van der Waals surface area contributed by atoms with Gasteiger partial charge in [0, 0.05) is 12.8 Å².